The maximum absolute atomic E-state index is 11.7. The molecule has 2 heterocycles. The number of hydrogen-bond donors (Lipinski definition) is 1. The Balaban J connectivity index is 0.00000280. The van der Waals surface area contributed by atoms with Crippen LogP contribution in [0.5, 0.6) is 0 Å². The molecule has 1 N–H and O–H groups in total. The largest absolute Gasteiger partial charge is 0.469 e. The van der Waals surface area contributed by atoms with E-state index >= 15 is 0 Å². The van der Waals surface area contributed by atoms with E-state index in [-0.39, 0.29) is 35.6 Å². The molecule has 3 rings (SSSR count). The summed E-state index contributed by atoms with van der Waals surface area (Å²) in [5.74, 6) is 3.14. The molecule has 1 saturated carbocycles. The van der Waals surface area contributed by atoms with Crippen molar-refractivity contribution in [3.8, 4) is 0 Å². The molecule has 1 saturated heterocycles. The van der Waals surface area contributed by atoms with Crippen molar-refractivity contribution in [3.63, 3.8) is 0 Å². The molecule has 8 heteroatoms. The van der Waals surface area contributed by atoms with Crippen LogP contribution in [0.2, 0.25) is 0 Å². The van der Waals surface area contributed by atoms with E-state index in [1.807, 2.05) is 20.0 Å². The van der Waals surface area contributed by atoms with Gasteiger partial charge >= 0.3 is 0 Å². The number of aryl methyl sites for hydroxylation is 1. The fourth-order valence-electron chi connectivity index (χ4n) is 4.11. The lowest BCUT2D eigenvalue weighted by Crippen LogP contribution is -2.47. The molecule has 0 spiro atoms. The quantitative estimate of drug-likeness (QED) is 0.363. The number of rotatable bonds is 5. The van der Waals surface area contributed by atoms with Crippen LogP contribution in [0, 0.1) is 18.8 Å². The van der Waals surface area contributed by atoms with Gasteiger partial charge in [-0.25, -0.2) is 8.42 Å². The van der Waals surface area contributed by atoms with Crippen LogP contribution in [0.25, 0.3) is 0 Å². The zero-order valence-electron chi connectivity index (χ0n) is 17.2. The molecule has 3 unspecified atom stereocenters. The molecule has 1 aromatic rings. The van der Waals surface area contributed by atoms with Crippen molar-refractivity contribution in [1.29, 1.82) is 0 Å². The standard InChI is InChI=1S/C20H33N3O3S.HI/c1-15-6-4-5-7-19(15)22-20(21-12-17-9-11-27(24,25)14-17)23(3)13-18-8-10-26-16(18)2;/h8,10,15,17,19H,4-7,9,11-14H2,1-3H3,(H,21,22);1H. The molecule has 0 aromatic carbocycles. The molecule has 2 aliphatic rings. The van der Waals surface area contributed by atoms with Crippen LogP contribution in [-0.4, -0.2) is 50.4 Å². The van der Waals surface area contributed by atoms with Crippen LogP contribution in [-0.2, 0) is 16.4 Å². The van der Waals surface area contributed by atoms with Crippen molar-refractivity contribution in [2.24, 2.45) is 16.8 Å². The van der Waals surface area contributed by atoms with Gasteiger partial charge in [-0.3, -0.25) is 4.99 Å². The monoisotopic (exact) mass is 523 g/mol. The summed E-state index contributed by atoms with van der Waals surface area (Å²) in [7, 11) is -0.823. The second-order valence-electron chi connectivity index (χ2n) is 8.30. The molecule has 1 aromatic heterocycles. The van der Waals surface area contributed by atoms with Gasteiger partial charge in [-0.05, 0) is 44.1 Å². The first-order valence-corrected chi connectivity index (χ1v) is 11.9. The number of nitrogens with zero attached hydrogens (tertiary/aromatic N) is 2. The fraction of sp³-hybridized carbons (Fsp3) is 0.750. The van der Waals surface area contributed by atoms with E-state index in [1.165, 1.54) is 19.3 Å². The molecule has 1 aliphatic carbocycles. The highest BCUT2D eigenvalue weighted by molar-refractivity contribution is 14.0. The second kappa shape index (κ2) is 10.3. The first-order chi connectivity index (χ1) is 12.8. The van der Waals surface area contributed by atoms with Crippen molar-refractivity contribution < 1.29 is 12.8 Å². The molecule has 6 nitrogen and oxygen atoms in total. The van der Waals surface area contributed by atoms with E-state index in [0.717, 1.165) is 36.7 Å². The Morgan fingerprint density at radius 3 is 2.68 bits per heavy atom. The minimum Gasteiger partial charge on any atom is -0.469 e. The molecule has 0 bridgehead atoms. The van der Waals surface area contributed by atoms with Crippen molar-refractivity contribution in [2.75, 3.05) is 25.1 Å². The summed E-state index contributed by atoms with van der Waals surface area (Å²) in [6.45, 7) is 5.56. The third-order valence-electron chi connectivity index (χ3n) is 5.99. The minimum atomic E-state index is -2.86. The Kier molecular flexibility index (Phi) is 8.66. The van der Waals surface area contributed by atoms with Crippen molar-refractivity contribution >= 4 is 39.8 Å². The van der Waals surface area contributed by atoms with E-state index in [1.54, 1.807) is 6.26 Å². The summed E-state index contributed by atoms with van der Waals surface area (Å²) in [6, 6.07) is 2.42. The fourth-order valence-corrected chi connectivity index (χ4v) is 5.96. The Labute approximate surface area is 186 Å². The van der Waals surface area contributed by atoms with Gasteiger partial charge in [0.25, 0.3) is 0 Å². The van der Waals surface area contributed by atoms with E-state index in [9.17, 15) is 8.42 Å². The first-order valence-electron chi connectivity index (χ1n) is 10.1. The van der Waals surface area contributed by atoms with E-state index in [0.29, 0.717) is 24.3 Å². The van der Waals surface area contributed by atoms with E-state index < -0.39 is 9.84 Å². The van der Waals surface area contributed by atoms with Crippen LogP contribution in [0.3, 0.4) is 0 Å². The summed E-state index contributed by atoms with van der Waals surface area (Å²) < 4.78 is 28.9. The molecule has 2 fully saturated rings. The number of halogens is 1. The van der Waals surface area contributed by atoms with Crippen LogP contribution in [0.15, 0.2) is 21.7 Å². The smallest absolute Gasteiger partial charge is 0.194 e. The number of aliphatic imine (C=N–C) groups is 1. The molecule has 0 radical (unpaired) electrons. The van der Waals surface area contributed by atoms with Crippen molar-refractivity contribution in [3.05, 3.63) is 23.7 Å². The average molecular weight is 523 g/mol. The lowest BCUT2D eigenvalue weighted by atomic mass is 9.86. The average Bonchev–Trinajstić information content (AvgIpc) is 3.18. The topological polar surface area (TPSA) is 74.9 Å². The highest BCUT2D eigenvalue weighted by Gasteiger charge is 2.28. The zero-order valence-corrected chi connectivity index (χ0v) is 20.3. The molecule has 3 atom stereocenters. The molecule has 28 heavy (non-hydrogen) atoms. The van der Waals surface area contributed by atoms with Gasteiger partial charge in [-0.15, -0.1) is 24.0 Å². The van der Waals surface area contributed by atoms with Gasteiger partial charge in [0.15, 0.2) is 15.8 Å². The summed E-state index contributed by atoms with van der Waals surface area (Å²) >= 11 is 0. The van der Waals surface area contributed by atoms with Gasteiger partial charge in [0.2, 0.25) is 0 Å². The molecule has 160 valence electrons. The minimum absolute atomic E-state index is 0. The van der Waals surface area contributed by atoms with Crippen LogP contribution in [0.4, 0.5) is 0 Å². The lowest BCUT2D eigenvalue weighted by molar-refractivity contribution is 0.297. The second-order valence-corrected chi connectivity index (χ2v) is 10.5. The number of guanidine groups is 1. The molecular formula is C20H34IN3O3S. The Morgan fingerprint density at radius 1 is 1.32 bits per heavy atom. The number of sulfone groups is 1. The number of hydrogen-bond acceptors (Lipinski definition) is 4. The van der Waals surface area contributed by atoms with Gasteiger partial charge in [0.05, 0.1) is 17.8 Å². The highest BCUT2D eigenvalue weighted by atomic mass is 127. The van der Waals surface area contributed by atoms with Gasteiger partial charge in [-0.2, -0.15) is 0 Å². The highest BCUT2D eigenvalue weighted by Crippen LogP contribution is 2.24. The normalized spacial score (nSPS) is 27.2. The Morgan fingerprint density at radius 2 is 2.07 bits per heavy atom. The third-order valence-corrected chi connectivity index (χ3v) is 7.82. The van der Waals surface area contributed by atoms with Crippen LogP contribution < -0.4 is 5.32 Å². The number of furan rings is 1. The predicted molar refractivity (Wildman–Crippen MR) is 124 cm³/mol. The third kappa shape index (κ3) is 6.37. The van der Waals surface area contributed by atoms with Gasteiger partial charge in [0.1, 0.15) is 5.76 Å². The first kappa shape index (κ1) is 23.5. The maximum Gasteiger partial charge on any atom is 0.194 e. The molecular weight excluding hydrogens is 489 g/mol. The zero-order chi connectivity index (χ0) is 19.4. The van der Waals surface area contributed by atoms with Crippen molar-refractivity contribution in [2.45, 2.75) is 58.5 Å². The van der Waals surface area contributed by atoms with Crippen LogP contribution >= 0.6 is 24.0 Å². The Hall–Kier alpha value is -0.770. The summed E-state index contributed by atoms with van der Waals surface area (Å²) in [5.41, 5.74) is 1.15. The maximum atomic E-state index is 11.7. The van der Waals surface area contributed by atoms with E-state index in [2.05, 4.69) is 17.1 Å². The summed E-state index contributed by atoms with van der Waals surface area (Å²) in [5, 5.41) is 3.68. The molecule has 1 aliphatic heterocycles. The predicted octanol–water partition coefficient (Wildman–Crippen LogP) is 3.60. The number of nitrogens with one attached hydrogen (secondary N) is 1. The Bertz CT molecular complexity index is 763. The van der Waals surface area contributed by atoms with Crippen LogP contribution in [0.1, 0.15) is 50.4 Å². The van der Waals surface area contributed by atoms with Gasteiger partial charge < -0.3 is 14.6 Å². The summed E-state index contributed by atoms with van der Waals surface area (Å²) in [4.78, 5) is 6.97. The SMILES string of the molecule is Cc1occc1CN(C)C(=NCC1CCS(=O)(=O)C1)NC1CCCCC1C.I. The van der Waals surface area contributed by atoms with Crippen molar-refractivity contribution in [1.82, 2.24) is 10.2 Å². The van der Waals surface area contributed by atoms with E-state index in [4.69, 9.17) is 9.41 Å². The van der Waals surface area contributed by atoms with Gasteiger partial charge in [0, 0.05) is 31.7 Å². The van der Waals surface area contributed by atoms with Gasteiger partial charge in [-0.1, -0.05) is 19.8 Å². The lowest BCUT2D eigenvalue weighted by Gasteiger charge is -2.33. The summed E-state index contributed by atoms with van der Waals surface area (Å²) in [6.07, 6.45) is 7.41. The molecule has 0 amide bonds.